The Morgan fingerprint density at radius 3 is 2.22 bits per heavy atom. The van der Waals surface area contributed by atoms with Gasteiger partial charge < -0.3 is 19.7 Å². The Morgan fingerprint density at radius 2 is 1.65 bits per heavy atom. The molecule has 37 heavy (non-hydrogen) atoms. The number of hydrogen-bond acceptors (Lipinski definition) is 6. The van der Waals surface area contributed by atoms with E-state index in [2.05, 4.69) is 0 Å². The average Bonchev–Trinajstić information content (AvgIpc) is 2.82. The van der Waals surface area contributed by atoms with Crippen molar-refractivity contribution in [3.63, 3.8) is 0 Å². The highest BCUT2D eigenvalue weighted by atomic mass is 32.2. The minimum absolute atomic E-state index is 0.00198. The topological polar surface area (TPSA) is 145 Å². The summed E-state index contributed by atoms with van der Waals surface area (Å²) < 4.78 is 39.5. The molecule has 10 heteroatoms. The van der Waals surface area contributed by atoms with Crippen LogP contribution < -0.4 is 14.4 Å². The van der Waals surface area contributed by atoms with Gasteiger partial charge in [-0.05, 0) is 60.4 Å². The van der Waals surface area contributed by atoms with E-state index < -0.39 is 27.8 Å². The van der Waals surface area contributed by atoms with E-state index in [4.69, 9.17) is 4.74 Å². The number of carboxylic acid groups (broad SMARTS) is 2. The summed E-state index contributed by atoms with van der Waals surface area (Å²) in [4.78, 5) is 24.3. The molecule has 0 aliphatic heterocycles. The molecule has 0 amide bonds. The molecule has 0 aliphatic carbocycles. The zero-order valence-corrected chi connectivity index (χ0v) is 21.3. The number of fused-ring (bicyclic) bond motifs is 2. The summed E-state index contributed by atoms with van der Waals surface area (Å²) in [5.41, 5.74) is 3.42. The van der Waals surface area contributed by atoms with Crippen molar-refractivity contribution in [3.05, 3.63) is 70.8 Å². The third kappa shape index (κ3) is 4.85. The number of methoxy groups -OCH3 is 1. The Morgan fingerprint density at radius 1 is 1.00 bits per heavy atom. The van der Waals surface area contributed by atoms with Crippen molar-refractivity contribution in [1.82, 2.24) is 0 Å². The molecule has 9 nitrogen and oxygen atoms in total. The molecule has 0 unspecified atom stereocenters. The number of aromatic carboxylic acids is 2. The first-order valence-corrected chi connectivity index (χ1v) is 13.0. The Bertz CT molecular complexity index is 1670. The van der Waals surface area contributed by atoms with Crippen LogP contribution in [0, 0.1) is 13.8 Å². The maximum Gasteiger partial charge on any atom is 0.337 e. The van der Waals surface area contributed by atoms with Crippen LogP contribution in [0.2, 0.25) is 0 Å². The molecule has 0 saturated carbocycles. The third-order valence-electron chi connectivity index (χ3n) is 6.39. The molecule has 0 radical (unpaired) electrons. The van der Waals surface area contributed by atoms with Gasteiger partial charge in [0.05, 0.1) is 35.2 Å². The largest absolute Gasteiger partial charge is 0.545 e. The van der Waals surface area contributed by atoms with Gasteiger partial charge in [0.1, 0.15) is 5.75 Å². The van der Waals surface area contributed by atoms with Crippen LogP contribution in [0.25, 0.3) is 32.9 Å². The molecule has 0 fully saturated rings. The van der Waals surface area contributed by atoms with Gasteiger partial charge in [0.25, 0.3) is 10.1 Å². The second-order valence-corrected chi connectivity index (χ2v) is 10.4. The number of hydrogen-bond donors (Lipinski definition) is 2. The van der Waals surface area contributed by atoms with Gasteiger partial charge in [0, 0.05) is 24.1 Å². The van der Waals surface area contributed by atoms with Crippen LogP contribution in [0.15, 0.2) is 48.5 Å². The van der Waals surface area contributed by atoms with E-state index in [9.17, 15) is 32.8 Å². The van der Waals surface area contributed by atoms with E-state index in [0.29, 0.717) is 49.8 Å². The molecule has 4 rings (SSSR count). The summed E-state index contributed by atoms with van der Waals surface area (Å²) in [6, 6.07) is 13.3. The van der Waals surface area contributed by atoms with Gasteiger partial charge in [-0.25, -0.2) is 4.79 Å². The molecule has 0 aliphatic rings. The van der Waals surface area contributed by atoms with Crippen molar-refractivity contribution in [2.24, 2.45) is 0 Å². The maximum atomic E-state index is 12.7. The van der Waals surface area contributed by atoms with Crippen LogP contribution in [0.4, 0.5) is 0 Å². The van der Waals surface area contributed by atoms with E-state index >= 15 is 0 Å². The van der Waals surface area contributed by atoms with Gasteiger partial charge >= 0.3 is 5.97 Å². The normalized spacial score (nSPS) is 11.7. The minimum Gasteiger partial charge on any atom is -0.545 e. The van der Waals surface area contributed by atoms with E-state index in [0.717, 1.165) is 0 Å². The molecule has 0 bridgehead atoms. The molecular formula is C27H25NO8S. The first kappa shape index (κ1) is 26.1. The molecule has 1 heterocycles. The quantitative estimate of drug-likeness (QED) is 0.204. The molecular weight excluding hydrogens is 498 g/mol. The first-order valence-electron chi connectivity index (χ1n) is 11.4. The number of aryl methyl sites for hydroxylation is 3. The zero-order chi connectivity index (χ0) is 27.1. The van der Waals surface area contributed by atoms with Crippen LogP contribution >= 0.6 is 0 Å². The van der Waals surface area contributed by atoms with Crippen LogP contribution in [-0.2, 0) is 16.7 Å². The van der Waals surface area contributed by atoms with E-state index in [1.165, 1.54) is 19.2 Å². The minimum atomic E-state index is -4.19. The summed E-state index contributed by atoms with van der Waals surface area (Å²) in [5, 5.41) is 22.7. The summed E-state index contributed by atoms with van der Waals surface area (Å²) >= 11 is 0. The molecule has 0 saturated heterocycles. The highest BCUT2D eigenvalue weighted by Gasteiger charge is 2.29. The maximum absolute atomic E-state index is 12.7. The smallest absolute Gasteiger partial charge is 0.337 e. The van der Waals surface area contributed by atoms with Gasteiger partial charge in [-0.2, -0.15) is 13.0 Å². The number of nitrogens with zero attached hydrogens (tertiary/aromatic N) is 1. The number of carboxylic acids is 2. The number of ether oxygens (including phenoxy) is 1. The fourth-order valence-corrected chi connectivity index (χ4v) is 5.49. The van der Waals surface area contributed by atoms with Gasteiger partial charge in [-0.3, -0.25) is 4.55 Å². The first-order chi connectivity index (χ1) is 17.4. The van der Waals surface area contributed by atoms with Crippen LogP contribution in [-0.4, -0.2) is 42.9 Å². The molecule has 2 N–H and O–H groups in total. The van der Waals surface area contributed by atoms with Crippen molar-refractivity contribution in [2.45, 2.75) is 26.8 Å². The molecule has 3 aromatic carbocycles. The number of rotatable bonds is 8. The molecule has 192 valence electrons. The Hall–Kier alpha value is -4.02. The number of aromatic nitrogens is 1. The average molecular weight is 524 g/mol. The predicted octanol–water partition coefficient (Wildman–Crippen LogP) is 2.91. The third-order valence-corrected chi connectivity index (χ3v) is 7.19. The summed E-state index contributed by atoms with van der Waals surface area (Å²) in [5.74, 6) is -2.55. The highest BCUT2D eigenvalue weighted by molar-refractivity contribution is 7.85. The number of carbonyl (C=O) groups is 2. The lowest BCUT2D eigenvalue weighted by Gasteiger charge is -2.19. The van der Waals surface area contributed by atoms with Gasteiger partial charge in [0.2, 0.25) is 11.0 Å². The summed E-state index contributed by atoms with van der Waals surface area (Å²) in [6.07, 6.45) is 0.0920. The number of pyridine rings is 1. The van der Waals surface area contributed by atoms with Gasteiger partial charge in [-0.15, -0.1) is 0 Å². The van der Waals surface area contributed by atoms with E-state index in [-0.39, 0.29) is 24.1 Å². The van der Waals surface area contributed by atoms with E-state index in [1.54, 1.807) is 50.2 Å². The lowest BCUT2D eigenvalue weighted by molar-refractivity contribution is -0.645. The van der Waals surface area contributed by atoms with Crippen LogP contribution in [0.1, 0.15) is 38.3 Å². The fourth-order valence-electron chi connectivity index (χ4n) is 5.00. The second-order valence-electron chi connectivity index (χ2n) is 8.80. The monoisotopic (exact) mass is 523 g/mol. The second kappa shape index (κ2) is 9.79. The Kier molecular flexibility index (Phi) is 6.90. The number of benzene rings is 3. The highest BCUT2D eigenvalue weighted by Crippen LogP contribution is 2.43. The SMILES string of the molecule is COc1ccc2c(c1-c1c(C)cc(C(=O)[O-])cc1C)c(C(=O)O)c1ccccc1[n+]2CCCS(=O)(=O)O. The fraction of sp³-hybridized carbons (Fsp3) is 0.222. The van der Waals surface area contributed by atoms with Crippen molar-refractivity contribution in [1.29, 1.82) is 0 Å². The predicted molar refractivity (Wildman–Crippen MR) is 135 cm³/mol. The van der Waals surface area contributed by atoms with Gasteiger partial charge in [0.15, 0.2) is 6.54 Å². The zero-order valence-electron chi connectivity index (χ0n) is 20.4. The lowest BCUT2D eigenvalue weighted by Crippen LogP contribution is -2.37. The summed E-state index contributed by atoms with van der Waals surface area (Å²) in [6.45, 7) is 3.65. The van der Waals surface area contributed by atoms with Crippen molar-refractivity contribution in [3.8, 4) is 16.9 Å². The summed E-state index contributed by atoms with van der Waals surface area (Å²) in [7, 11) is -2.72. The van der Waals surface area contributed by atoms with Crippen molar-refractivity contribution < 1.29 is 42.1 Å². The standard InChI is InChI=1S/C27H25NO8S/c1-15-13-17(26(29)30)14-16(2)22(15)25-21(36-3)10-9-20-24(25)23(27(31)32)18-7-4-5-8-19(18)28(20)11-6-12-37(33,34)35/h4-5,7-10,13-14H,6,11-12H2,1-3H3,(H2-,29,30,31,32,33,34,35). The number of para-hydroxylation sites is 1. The Labute approximate surface area is 213 Å². The number of carbonyl (C=O) groups excluding carboxylic acids is 1. The Balaban J connectivity index is 2.19. The van der Waals surface area contributed by atoms with Crippen molar-refractivity contribution in [2.75, 3.05) is 12.9 Å². The van der Waals surface area contributed by atoms with E-state index in [1.807, 2.05) is 4.57 Å². The molecule has 4 aromatic rings. The molecule has 1 aromatic heterocycles. The van der Waals surface area contributed by atoms with Crippen LogP contribution in [0.5, 0.6) is 5.75 Å². The van der Waals surface area contributed by atoms with Crippen molar-refractivity contribution >= 4 is 43.9 Å². The lowest BCUT2D eigenvalue weighted by atomic mass is 9.88. The molecule has 0 atom stereocenters. The van der Waals surface area contributed by atoms with Crippen LogP contribution in [0.3, 0.4) is 0 Å². The van der Waals surface area contributed by atoms with Gasteiger partial charge in [-0.1, -0.05) is 12.1 Å². The molecule has 0 spiro atoms.